The average Bonchev–Trinajstić information content (AvgIpc) is 2.74. The maximum absolute atomic E-state index is 12.3. The van der Waals surface area contributed by atoms with E-state index >= 15 is 0 Å². The molecule has 0 bridgehead atoms. The Labute approximate surface area is 178 Å². The monoisotopic (exact) mass is 424 g/mol. The summed E-state index contributed by atoms with van der Waals surface area (Å²) in [5.41, 5.74) is 1.08. The Kier molecular flexibility index (Phi) is 8.24. The van der Waals surface area contributed by atoms with E-state index in [0.717, 1.165) is 42.1 Å². The number of aryl methyl sites for hydroxylation is 1. The van der Waals surface area contributed by atoms with Gasteiger partial charge in [-0.05, 0) is 79.9 Å². The van der Waals surface area contributed by atoms with Gasteiger partial charge in [0.05, 0.1) is 0 Å². The van der Waals surface area contributed by atoms with Crippen LogP contribution in [0.2, 0.25) is 0 Å². The molecule has 0 atom stereocenters. The van der Waals surface area contributed by atoms with Crippen LogP contribution >= 0.6 is 0 Å². The SMILES string of the molecule is CCCC1CCC(C2CCC(CCc3ccc(OC(=O)C(F)(F)F)cc3)CC2)CC1. The number of carbonyl (C=O) groups excluding carboxylic acids is 1. The van der Waals surface area contributed by atoms with Crippen molar-refractivity contribution in [2.45, 2.75) is 90.1 Å². The maximum atomic E-state index is 12.3. The zero-order valence-electron chi connectivity index (χ0n) is 18.1. The third-order valence-electron chi connectivity index (χ3n) is 7.35. The molecule has 2 aliphatic carbocycles. The van der Waals surface area contributed by atoms with E-state index in [1.54, 1.807) is 12.1 Å². The van der Waals surface area contributed by atoms with Gasteiger partial charge in [0.2, 0.25) is 0 Å². The molecule has 2 saturated carbocycles. The molecule has 0 N–H and O–H groups in total. The number of carbonyl (C=O) groups is 1. The van der Waals surface area contributed by atoms with Crippen LogP contribution in [0, 0.1) is 23.7 Å². The fourth-order valence-corrected chi connectivity index (χ4v) is 5.56. The minimum atomic E-state index is -4.97. The van der Waals surface area contributed by atoms with Crippen LogP contribution in [0.5, 0.6) is 5.75 Å². The summed E-state index contributed by atoms with van der Waals surface area (Å²) in [5.74, 6) is 1.37. The first kappa shape index (κ1) is 23.1. The van der Waals surface area contributed by atoms with Crippen LogP contribution in [0.3, 0.4) is 0 Å². The number of ether oxygens (including phenoxy) is 1. The van der Waals surface area contributed by atoms with Crippen LogP contribution in [0.4, 0.5) is 13.2 Å². The van der Waals surface area contributed by atoms with E-state index in [4.69, 9.17) is 0 Å². The summed E-state index contributed by atoms with van der Waals surface area (Å²) < 4.78 is 41.1. The summed E-state index contributed by atoms with van der Waals surface area (Å²) in [4.78, 5) is 10.9. The molecule has 3 rings (SSSR count). The molecular formula is C25H35F3O2. The molecule has 0 heterocycles. The highest BCUT2D eigenvalue weighted by molar-refractivity contribution is 5.78. The number of benzene rings is 1. The minimum absolute atomic E-state index is 0.0600. The maximum Gasteiger partial charge on any atom is 0.491 e. The summed E-state index contributed by atoms with van der Waals surface area (Å²) in [6.45, 7) is 2.30. The van der Waals surface area contributed by atoms with E-state index in [1.807, 2.05) is 0 Å². The first-order valence-electron chi connectivity index (χ1n) is 11.7. The standard InChI is InChI=1S/C25H35F3O2/c1-2-3-18-6-12-21(13-7-18)22-14-8-19(9-15-22)4-5-20-10-16-23(17-11-20)30-24(29)25(26,27)28/h10-11,16-19,21-22H,2-9,12-15H2,1H3. The van der Waals surface area contributed by atoms with Crippen LogP contribution in [0.15, 0.2) is 24.3 Å². The molecule has 30 heavy (non-hydrogen) atoms. The van der Waals surface area contributed by atoms with Gasteiger partial charge in [0.25, 0.3) is 0 Å². The van der Waals surface area contributed by atoms with Crippen molar-refractivity contribution in [3.8, 4) is 5.75 Å². The van der Waals surface area contributed by atoms with Crippen molar-refractivity contribution in [1.29, 1.82) is 0 Å². The lowest BCUT2D eigenvalue weighted by Crippen LogP contribution is -2.27. The topological polar surface area (TPSA) is 26.3 Å². The van der Waals surface area contributed by atoms with Gasteiger partial charge in [0, 0.05) is 0 Å². The van der Waals surface area contributed by atoms with E-state index in [9.17, 15) is 18.0 Å². The van der Waals surface area contributed by atoms with Gasteiger partial charge in [-0.3, -0.25) is 0 Å². The van der Waals surface area contributed by atoms with Crippen molar-refractivity contribution < 1.29 is 22.7 Å². The highest BCUT2D eigenvalue weighted by Gasteiger charge is 2.41. The van der Waals surface area contributed by atoms with Crippen LogP contribution in [-0.2, 0) is 11.2 Å². The molecule has 1 aromatic carbocycles. The lowest BCUT2D eigenvalue weighted by molar-refractivity contribution is -0.189. The first-order valence-corrected chi connectivity index (χ1v) is 11.7. The Morgan fingerprint density at radius 2 is 1.37 bits per heavy atom. The third kappa shape index (κ3) is 6.75. The minimum Gasteiger partial charge on any atom is -0.420 e. The average molecular weight is 425 g/mol. The smallest absolute Gasteiger partial charge is 0.420 e. The quantitative estimate of drug-likeness (QED) is 0.335. The van der Waals surface area contributed by atoms with Gasteiger partial charge in [-0.2, -0.15) is 13.2 Å². The fraction of sp³-hybridized carbons (Fsp3) is 0.720. The lowest BCUT2D eigenvalue weighted by atomic mass is 9.68. The Balaban J connectivity index is 1.36. The van der Waals surface area contributed by atoms with Crippen molar-refractivity contribution >= 4 is 5.97 Å². The molecule has 0 unspecified atom stereocenters. The van der Waals surface area contributed by atoms with Gasteiger partial charge in [-0.15, -0.1) is 0 Å². The van der Waals surface area contributed by atoms with Crippen molar-refractivity contribution in [3.05, 3.63) is 29.8 Å². The number of hydrogen-bond donors (Lipinski definition) is 0. The highest BCUT2D eigenvalue weighted by atomic mass is 19.4. The first-order chi connectivity index (χ1) is 14.3. The Morgan fingerprint density at radius 1 is 0.867 bits per heavy atom. The van der Waals surface area contributed by atoms with Gasteiger partial charge in [0.15, 0.2) is 0 Å². The Morgan fingerprint density at radius 3 is 1.83 bits per heavy atom. The molecule has 2 aliphatic rings. The largest absolute Gasteiger partial charge is 0.491 e. The second-order valence-electron chi connectivity index (χ2n) is 9.42. The molecule has 0 aliphatic heterocycles. The number of esters is 1. The zero-order valence-corrected chi connectivity index (χ0v) is 18.1. The Bertz CT molecular complexity index is 652. The van der Waals surface area contributed by atoms with E-state index in [2.05, 4.69) is 11.7 Å². The second-order valence-corrected chi connectivity index (χ2v) is 9.42. The molecular weight excluding hydrogens is 389 g/mol. The molecule has 5 heteroatoms. The van der Waals surface area contributed by atoms with E-state index in [1.165, 1.54) is 76.3 Å². The van der Waals surface area contributed by atoms with E-state index < -0.39 is 12.1 Å². The summed E-state index contributed by atoms with van der Waals surface area (Å²) in [5, 5.41) is 0. The van der Waals surface area contributed by atoms with Gasteiger partial charge >= 0.3 is 12.1 Å². The molecule has 0 aromatic heterocycles. The van der Waals surface area contributed by atoms with Gasteiger partial charge in [-0.1, -0.05) is 57.6 Å². The lowest BCUT2D eigenvalue weighted by Gasteiger charge is -2.38. The highest BCUT2D eigenvalue weighted by Crippen LogP contribution is 2.43. The summed E-state index contributed by atoms with van der Waals surface area (Å²) in [7, 11) is 0. The molecule has 0 amide bonds. The summed E-state index contributed by atoms with van der Waals surface area (Å²) >= 11 is 0. The van der Waals surface area contributed by atoms with Crippen molar-refractivity contribution in [2.24, 2.45) is 23.7 Å². The molecule has 1 aromatic rings. The van der Waals surface area contributed by atoms with Crippen LogP contribution in [-0.4, -0.2) is 12.1 Å². The molecule has 2 fully saturated rings. The van der Waals surface area contributed by atoms with Gasteiger partial charge < -0.3 is 4.74 Å². The third-order valence-corrected chi connectivity index (χ3v) is 7.35. The fourth-order valence-electron chi connectivity index (χ4n) is 5.56. The zero-order chi connectivity index (χ0) is 21.6. The summed E-state index contributed by atoms with van der Waals surface area (Å²) in [6, 6.07) is 6.42. The molecule has 0 saturated heterocycles. The Hall–Kier alpha value is -1.52. The number of halogens is 3. The number of alkyl halides is 3. The van der Waals surface area contributed by atoms with Crippen LogP contribution in [0.25, 0.3) is 0 Å². The molecule has 2 nitrogen and oxygen atoms in total. The van der Waals surface area contributed by atoms with Crippen LogP contribution < -0.4 is 4.74 Å². The summed E-state index contributed by atoms with van der Waals surface area (Å²) in [6.07, 6.45) is 10.9. The predicted octanol–water partition coefficient (Wildman–Crippen LogP) is 7.50. The molecule has 0 radical (unpaired) electrons. The van der Waals surface area contributed by atoms with E-state index in [-0.39, 0.29) is 5.75 Å². The predicted molar refractivity (Wildman–Crippen MR) is 112 cm³/mol. The van der Waals surface area contributed by atoms with Crippen molar-refractivity contribution in [1.82, 2.24) is 0 Å². The number of hydrogen-bond acceptors (Lipinski definition) is 2. The second kappa shape index (κ2) is 10.7. The van der Waals surface area contributed by atoms with Crippen LogP contribution in [0.1, 0.15) is 83.1 Å². The van der Waals surface area contributed by atoms with Crippen molar-refractivity contribution in [3.63, 3.8) is 0 Å². The van der Waals surface area contributed by atoms with Gasteiger partial charge in [0.1, 0.15) is 5.75 Å². The molecule has 0 spiro atoms. The molecule has 168 valence electrons. The van der Waals surface area contributed by atoms with E-state index in [0.29, 0.717) is 0 Å². The normalized spacial score (nSPS) is 27.6. The van der Waals surface area contributed by atoms with Crippen molar-refractivity contribution in [2.75, 3.05) is 0 Å². The van der Waals surface area contributed by atoms with Gasteiger partial charge in [-0.25, -0.2) is 4.79 Å². The number of rotatable bonds is 7.